The van der Waals surface area contributed by atoms with Gasteiger partial charge in [-0.1, -0.05) is 12.1 Å². The number of hydrogen-bond donors (Lipinski definition) is 14. The Balaban J connectivity index is 0.000000276. The van der Waals surface area contributed by atoms with Crippen molar-refractivity contribution in [2.75, 3.05) is 100 Å². The van der Waals surface area contributed by atoms with Crippen LogP contribution in [0.4, 0.5) is 34.9 Å². The Labute approximate surface area is 680 Å². The van der Waals surface area contributed by atoms with Crippen LogP contribution in [0.15, 0.2) is 159 Å². The molecule has 0 saturated carbocycles. The average molecular weight is 1580 g/mol. The van der Waals surface area contributed by atoms with Crippen molar-refractivity contribution in [2.24, 2.45) is 0 Å². The highest BCUT2D eigenvalue weighted by atomic mass is 16.2. The van der Waals surface area contributed by atoms with E-state index >= 15 is 0 Å². The van der Waals surface area contributed by atoms with Crippen LogP contribution in [0.3, 0.4) is 0 Å². The Morgan fingerprint density at radius 3 is 0.871 bits per heavy atom. The van der Waals surface area contributed by atoms with Crippen LogP contribution in [0.1, 0.15) is 179 Å². The minimum absolute atomic E-state index is 0.119. The number of aryl methyl sites for hydroxylation is 4. The van der Waals surface area contributed by atoms with E-state index in [4.69, 9.17) is 11.5 Å². The van der Waals surface area contributed by atoms with Gasteiger partial charge in [0.2, 0.25) is 23.6 Å². The molecule has 8 aromatic heterocycles. The molecule has 0 unspecified atom stereocenters. The fourth-order valence-electron chi connectivity index (χ4n) is 10.7. The molecule has 8 rings (SSSR count). The van der Waals surface area contributed by atoms with Crippen molar-refractivity contribution in [3.05, 3.63) is 226 Å². The quantitative estimate of drug-likeness (QED) is 0.0125. The van der Waals surface area contributed by atoms with E-state index in [0.29, 0.717) is 96.4 Å². The third-order valence-corrected chi connectivity index (χ3v) is 16.6. The first kappa shape index (κ1) is 93.3. The molecule has 0 aliphatic carbocycles. The summed E-state index contributed by atoms with van der Waals surface area (Å²) in [6, 6.07) is 29.4. The van der Waals surface area contributed by atoms with Crippen LogP contribution in [0.2, 0.25) is 0 Å². The van der Waals surface area contributed by atoms with Crippen molar-refractivity contribution in [1.29, 1.82) is 0 Å². The summed E-state index contributed by atoms with van der Waals surface area (Å²) in [5.41, 5.74) is 20.3. The number of carbonyl (C=O) groups is 8. The number of pyridine rings is 8. The number of rotatable bonds is 40. The summed E-state index contributed by atoms with van der Waals surface area (Å²) < 4.78 is 0. The van der Waals surface area contributed by atoms with E-state index in [2.05, 4.69) is 104 Å². The summed E-state index contributed by atoms with van der Waals surface area (Å²) in [6.07, 6.45) is 32.9. The largest absolute Gasteiger partial charge is 0.384 e. The van der Waals surface area contributed by atoms with Crippen molar-refractivity contribution < 1.29 is 38.4 Å². The molecule has 30 nitrogen and oxygen atoms in total. The molecule has 0 saturated heterocycles. The predicted molar refractivity (Wildman–Crippen MR) is 462 cm³/mol. The molecule has 8 heterocycles. The van der Waals surface area contributed by atoms with Gasteiger partial charge in [0.05, 0.1) is 22.3 Å². The highest BCUT2D eigenvalue weighted by molar-refractivity contribution is 6.01. The molecule has 0 aliphatic rings. The summed E-state index contributed by atoms with van der Waals surface area (Å²) in [7, 11) is 6.41. The van der Waals surface area contributed by atoms with Crippen LogP contribution >= 0.6 is 0 Å². The predicted octanol–water partition coefficient (Wildman–Crippen LogP) is 9.62. The number of nitrogens with one attached hydrogen (secondary N) is 12. The summed E-state index contributed by atoms with van der Waals surface area (Å²) in [6.45, 7) is 15.7. The molecule has 0 atom stereocenters. The third kappa shape index (κ3) is 36.9. The number of unbranched alkanes of at least 4 members (excludes halogenated alkanes) is 4. The van der Waals surface area contributed by atoms with Crippen molar-refractivity contribution >= 4 is 106 Å². The van der Waals surface area contributed by atoms with Gasteiger partial charge in [0, 0.05) is 164 Å². The zero-order valence-corrected chi connectivity index (χ0v) is 68.2. The fraction of sp³-hybridized carbons (Fsp3) is 0.349. The lowest BCUT2D eigenvalue weighted by molar-refractivity contribution is -0.117. The SMILES string of the molecule is CCNc1nc(CCCCNC(=O)/C=C/c2ccc(N)nc2)ccc1C(=O)NC.CCNc1nc(CCCCNC(=O)/C=C/c2cccnc2)ccc1C(=O)NC.CNC(=O)c1ccc(CCCCNC(=O)/C=C/c2ccc(N)nc2)nc1NC(C)C.CNC(=O)c1ccc(CCCCNC(=O)/C=C/c2cccnc2)nc1NC(C)C. The van der Waals surface area contributed by atoms with Crippen LogP contribution in [-0.2, 0) is 44.9 Å². The number of nitrogen functional groups attached to an aromatic ring is 2. The van der Waals surface area contributed by atoms with Crippen LogP contribution in [0.5, 0.6) is 0 Å². The highest BCUT2D eigenvalue weighted by Crippen LogP contribution is 2.21. The number of carbonyl (C=O) groups excluding carboxylic acids is 8. The van der Waals surface area contributed by atoms with Crippen LogP contribution < -0.4 is 75.3 Å². The minimum atomic E-state index is -0.164. The maximum atomic E-state index is 12.0. The maximum Gasteiger partial charge on any atom is 0.254 e. The molecule has 0 spiro atoms. The van der Waals surface area contributed by atoms with E-state index in [-0.39, 0.29) is 59.3 Å². The van der Waals surface area contributed by atoms with Crippen LogP contribution in [0.25, 0.3) is 24.3 Å². The normalized spacial score (nSPS) is 10.8. The summed E-state index contributed by atoms with van der Waals surface area (Å²) in [5.74, 6) is 2.11. The van der Waals surface area contributed by atoms with Gasteiger partial charge in [0.1, 0.15) is 34.9 Å². The summed E-state index contributed by atoms with van der Waals surface area (Å²) in [4.78, 5) is 129. The van der Waals surface area contributed by atoms with Gasteiger partial charge in [0.25, 0.3) is 23.6 Å². The van der Waals surface area contributed by atoms with E-state index in [9.17, 15) is 38.4 Å². The highest BCUT2D eigenvalue weighted by Gasteiger charge is 2.17. The Hall–Kier alpha value is -13.3. The minimum Gasteiger partial charge on any atom is -0.384 e. The average Bonchev–Trinajstić information content (AvgIpc) is 0.828. The monoisotopic (exact) mass is 1580 g/mol. The standard InChI is InChI=1S/C22H30N6O2.C22H29N5O2.C21H28N6O2.C21H27N5O2/c1-15(2)27-21-18(22(30)24-3)10-9-17(28-21)6-4-5-13-25-20(29)12-8-16-7-11-19(23)26-14-16;1-16(2)26-21-19(22(29)23-3)11-10-18(27-21)8-4-5-14-25-20(28)12-9-17-7-6-13-24-15-17;1-3-24-20-17(21(29)23-2)10-9-16(27-20)6-4-5-13-25-19(28)12-8-15-7-11-18(22)26-14-15;1-3-24-20-18(21(28)22-2)11-10-17(26-20)8-4-5-14-25-19(27)12-9-16-7-6-13-23-15-16/h7-12,14-15H,4-6,13H2,1-3H3,(H2,23,26)(H,24,30)(H,25,29)(H,27,28);6-7,9-13,15-16H,4-5,8,14H2,1-3H3,(H,23,29)(H,25,28)(H,26,27);7-12,14H,3-6,13H2,1-2H3,(H2,22,26)(H,23,29)(H,24,27)(H,25,28);6-7,9-13,15H,3-5,8,14H2,1-2H3,(H,22,28)(H,24,26)(H,25,27)/b12-8+;12-9+;12-8+;12-9+. The first-order chi connectivity index (χ1) is 56.0. The van der Waals surface area contributed by atoms with Gasteiger partial charge in [-0.2, -0.15) is 0 Å². The fourth-order valence-corrected chi connectivity index (χ4v) is 10.7. The number of aromatic nitrogens is 8. The molecule has 0 aliphatic heterocycles. The zero-order chi connectivity index (χ0) is 84.2. The molecule has 8 aromatic rings. The first-order valence-corrected chi connectivity index (χ1v) is 39.0. The lowest BCUT2D eigenvalue weighted by Gasteiger charge is -2.14. The molecule has 0 fully saturated rings. The summed E-state index contributed by atoms with van der Waals surface area (Å²) in [5, 5.41) is 34.7. The Kier molecular flexibility index (Phi) is 43.1. The first-order valence-electron chi connectivity index (χ1n) is 39.0. The van der Waals surface area contributed by atoms with Gasteiger partial charge < -0.3 is 75.3 Å². The van der Waals surface area contributed by atoms with E-state index in [1.165, 1.54) is 24.3 Å². The Bertz CT molecular complexity index is 4500. The lowest BCUT2D eigenvalue weighted by atomic mass is 10.1. The topological polar surface area (TPSA) is 436 Å². The van der Waals surface area contributed by atoms with E-state index in [1.54, 1.807) is 138 Å². The second-order valence-electron chi connectivity index (χ2n) is 26.7. The zero-order valence-electron chi connectivity index (χ0n) is 68.2. The van der Waals surface area contributed by atoms with Crippen molar-refractivity contribution in [3.8, 4) is 0 Å². The lowest BCUT2D eigenvalue weighted by Crippen LogP contribution is -2.23. The molecule has 616 valence electrons. The van der Waals surface area contributed by atoms with Crippen LogP contribution in [-0.4, -0.2) is 167 Å². The van der Waals surface area contributed by atoms with Gasteiger partial charge in [-0.3, -0.25) is 48.3 Å². The van der Waals surface area contributed by atoms with E-state index in [0.717, 1.165) is 122 Å². The number of nitrogens with zero attached hydrogens (tertiary/aromatic N) is 8. The number of amides is 8. The smallest absolute Gasteiger partial charge is 0.254 e. The third-order valence-electron chi connectivity index (χ3n) is 16.6. The Morgan fingerprint density at radius 1 is 0.353 bits per heavy atom. The molecular weight excluding hydrogens is 1470 g/mol. The molecule has 0 bridgehead atoms. The summed E-state index contributed by atoms with van der Waals surface area (Å²) >= 11 is 0. The van der Waals surface area contributed by atoms with Crippen molar-refractivity contribution in [3.63, 3.8) is 0 Å². The number of nitrogens with two attached hydrogens (primary N) is 2. The van der Waals surface area contributed by atoms with E-state index < -0.39 is 0 Å². The molecule has 16 N–H and O–H groups in total. The number of hydrogen-bond acceptors (Lipinski definition) is 22. The van der Waals surface area contributed by atoms with Crippen molar-refractivity contribution in [2.45, 2.75) is 131 Å². The second-order valence-corrected chi connectivity index (χ2v) is 26.7. The second kappa shape index (κ2) is 53.6. The molecule has 0 radical (unpaired) electrons. The number of anilines is 6. The maximum absolute atomic E-state index is 12.0. The molecular formula is C86H114N22O8. The molecule has 0 aromatic carbocycles. The van der Waals surface area contributed by atoms with Gasteiger partial charge in [-0.05, 0) is 250 Å². The van der Waals surface area contributed by atoms with E-state index in [1.807, 2.05) is 90.1 Å². The molecule has 30 heteroatoms. The molecule has 8 amide bonds. The van der Waals surface area contributed by atoms with Gasteiger partial charge >= 0.3 is 0 Å². The van der Waals surface area contributed by atoms with Gasteiger partial charge in [-0.15, -0.1) is 0 Å². The van der Waals surface area contributed by atoms with Crippen LogP contribution in [0, 0.1) is 0 Å². The van der Waals surface area contributed by atoms with Gasteiger partial charge in [0.15, 0.2) is 0 Å². The van der Waals surface area contributed by atoms with Gasteiger partial charge in [-0.25, -0.2) is 29.9 Å². The van der Waals surface area contributed by atoms with Crippen molar-refractivity contribution in [1.82, 2.24) is 82.4 Å². The molecule has 116 heavy (non-hydrogen) atoms. The Morgan fingerprint density at radius 2 is 0.629 bits per heavy atom.